The second kappa shape index (κ2) is 2.54. The summed E-state index contributed by atoms with van der Waals surface area (Å²) >= 11 is 0. The molecule has 0 amide bonds. The molecule has 0 radical (unpaired) electrons. The van der Waals surface area contributed by atoms with Crippen molar-refractivity contribution in [3.8, 4) is 0 Å². The van der Waals surface area contributed by atoms with E-state index in [9.17, 15) is 9.90 Å². The van der Waals surface area contributed by atoms with Crippen molar-refractivity contribution in [3.05, 3.63) is 0 Å². The molecule has 0 spiro atoms. The minimum Gasteiger partial charge on any atom is -0.386 e. The third-order valence-corrected chi connectivity index (χ3v) is 3.21. The molecule has 0 aromatic heterocycles. The van der Waals surface area contributed by atoms with Crippen molar-refractivity contribution in [3.63, 3.8) is 0 Å². The summed E-state index contributed by atoms with van der Waals surface area (Å²) in [7, 11) is 0. The summed E-state index contributed by atoms with van der Waals surface area (Å²) < 4.78 is 0. The fourth-order valence-electron chi connectivity index (χ4n) is 2.37. The highest BCUT2D eigenvalue weighted by molar-refractivity contribution is 5.91. The van der Waals surface area contributed by atoms with Gasteiger partial charge < -0.3 is 10.4 Å². The van der Waals surface area contributed by atoms with Crippen LogP contribution in [0.4, 0.5) is 0 Å². The van der Waals surface area contributed by atoms with E-state index in [-0.39, 0.29) is 11.2 Å². The zero-order chi connectivity index (χ0) is 8.77. The summed E-state index contributed by atoms with van der Waals surface area (Å²) in [5.74, 6) is 0.598. The van der Waals surface area contributed by atoms with E-state index >= 15 is 0 Å². The van der Waals surface area contributed by atoms with Crippen molar-refractivity contribution in [1.29, 1.82) is 0 Å². The molecule has 68 valence electrons. The van der Waals surface area contributed by atoms with Gasteiger partial charge >= 0.3 is 0 Å². The zero-order valence-corrected chi connectivity index (χ0v) is 7.34. The number of carbonyl (C=O) groups is 1. The lowest BCUT2D eigenvalue weighted by atomic mass is 9.91. The van der Waals surface area contributed by atoms with Crippen LogP contribution in [0.15, 0.2) is 0 Å². The Morgan fingerprint density at radius 3 is 3.08 bits per heavy atom. The van der Waals surface area contributed by atoms with Crippen LogP contribution < -0.4 is 5.32 Å². The van der Waals surface area contributed by atoms with Gasteiger partial charge in [-0.1, -0.05) is 0 Å². The van der Waals surface area contributed by atoms with Gasteiger partial charge in [0.1, 0.15) is 6.10 Å². The molecule has 1 saturated carbocycles. The van der Waals surface area contributed by atoms with Gasteiger partial charge in [0.2, 0.25) is 0 Å². The van der Waals surface area contributed by atoms with E-state index in [1.165, 1.54) is 0 Å². The SMILES string of the molecule is CC(O)C(=O)C12CNCCC1C2. The second-order valence-electron chi connectivity index (χ2n) is 4.06. The summed E-state index contributed by atoms with van der Waals surface area (Å²) in [4.78, 5) is 11.6. The standard InChI is InChI=1S/C9H15NO2/c1-6(11)8(12)9-4-7(9)2-3-10-5-9/h6-7,10-11H,2-5H2,1H3. The number of carbonyl (C=O) groups excluding carboxylic acids is 1. The van der Waals surface area contributed by atoms with Crippen LogP contribution in [0.5, 0.6) is 0 Å². The molecule has 1 saturated heterocycles. The summed E-state index contributed by atoms with van der Waals surface area (Å²) in [5.41, 5.74) is -0.174. The summed E-state index contributed by atoms with van der Waals surface area (Å²) in [6.07, 6.45) is 1.30. The molecular weight excluding hydrogens is 154 g/mol. The fraction of sp³-hybridized carbons (Fsp3) is 0.889. The maximum Gasteiger partial charge on any atom is 0.168 e. The van der Waals surface area contributed by atoms with Gasteiger partial charge in [0, 0.05) is 12.0 Å². The maximum absolute atomic E-state index is 11.6. The van der Waals surface area contributed by atoms with Gasteiger partial charge in [-0.3, -0.25) is 4.79 Å². The van der Waals surface area contributed by atoms with E-state index < -0.39 is 6.10 Å². The van der Waals surface area contributed by atoms with E-state index in [1.54, 1.807) is 6.92 Å². The third-order valence-electron chi connectivity index (χ3n) is 3.21. The van der Waals surface area contributed by atoms with Crippen molar-refractivity contribution in [2.24, 2.45) is 11.3 Å². The number of fused-ring (bicyclic) bond motifs is 1. The van der Waals surface area contributed by atoms with E-state index in [0.29, 0.717) is 5.92 Å². The number of rotatable bonds is 2. The molecule has 3 atom stereocenters. The molecule has 0 aromatic rings. The Balaban J connectivity index is 2.08. The average molecular weight is 169 g/mol. The van der Waals surface area contributed by atoms with E-state index in [2.05, 4.69) is 5.32 Å². The molecule has 0 aromatic carbocycles. The Labute approximate surface area is 72.2 Å². The quantitative estimate of drug-likeness (QED) is 0.608. The minimum atomic E-state index is -0.783. The number of hydrogen-bond acceptors (Lipinski definition) is 3. The van der Waals surface area contributed by atoms with Crippen molar-refractivity contribution in [1.82, 2.24) is 5.32 Å². The average Bonchev–Trinajstić information content (AvgIpc) is 2.77. The highest BCUT2D eigenvalue weighted by atomic mass is 16.3. The lowest BCUT2D eigenvalue weighted by Gasteiger charge is -2.22. The zero-order valence-electron chi connectivity index (χ0n) is 7.34. The highest BCUT2D eigenvalue weighted by Gasteiger charge is 2.60. The molecule has 3 heteroatoms. The lowest BCUT2D eigenvalue weighted by Crippen LogP contribution is -2.40. The van der Waals surface area contributed by atoms with Crippen molar-refractivity contribution in [2.45, 2.75) is 25.9 Å². The van der Waals surface area contributed by atoms with Crippen LogP contribution >= 0.6 is 0 Å². The molecular formula is C9H15NO2. The molecule has 1 aliphatic heterocycles. The molecule has 0 bridgehead atoms. The first kappa shape index (κ1) is 8.20. The van der Waals surface area contributed by atoms with Gasteiger partial charge in [-0.05, 0) is 32.2 Å². The Kier molecular flexibility index (Phi) is 1.73. The fourth-order valence-corrected chi connectivity index (χ4v) is 2.37. The van der Waals surface area contributed by atoms with E-state index in [4.69, 9.17) is 0 Å². The molecule has 2 aliphatic rings. The predicted molar refractivity (Wildman–Crippen MR) is 44.7 cm³/mol. The van der Waals surface area contributed by atoms with Gasteiger partial charge in [-0.2, -0.15) is 0 Å². The van der Waals surface area contributed by atoms with Crippen molar-refractivity contribution < 1.29 is 9.90 Å². The number of hydrogen-bond donors (Lipinski definition) is 2. The number of ketones is 1. The van der Waals surface area contributed by atoms with Crippen LogP contribution in [0.25, 0.3) is 0 Å². The van der Waals surface area contributed by atoms with Crippen LogP contribution in [0, 0.1) is 11.3 Å². The number of aliphatic hydroxyl groups is 1. The molecule has 2 rings (SSSR count). The van der Waals surface area contributed by atoms with Crippen LogP contribution in [-0.4, -0.2) is 30.1 Å². The monoisotopic (exact) mass is 169 g/mol. The maximum atomic E-state index is 11.6. The van der Waals surface area contributed by atoms with Crippen LogP contribution in [0.3, 0.4) is 0 Å². The summed E-state index contributed by atoms with van der Waals surface area (Å²) in [5, 5.41) is 12.4. The van der Waals surface area contributed by atoms with Gasteiger partial charge in [-0.15, -0.1) is 0 Å². The first-order chi connectivity index (χ1) is 5.67. The van der Waals surface area contributed by atoms with E-state index in [1.807, 2.05) is 0 Å². The Morgan fingerprint density at radius 1 is 1.75 bits per heavy atom. The normalized spacial score (nSPS) is 41.7. The van der Waals surface area contributed by atoms with Gasteiger partial charge in [0.05, 0.1) is 0 Å². The molecule has 2 fully saturated rings. The third kappa shape index (κ3) is 1.00. The topological polar surface area (TPSA) is 49.3 Å². The van der Waals surface area contributed by atoms with Crippen LogP contribution in [0.1, 0.15) is 19.8 Å². The largest absolute Gasteiger partial charge is 0.386 e. The Hall–Kier alpha value is -0.410. The minimum absolute atomic E-state index is 0.0414. The highest BCUT2D eigenvalue weighted by Crippen LogP contribution is 2.56. The van der Waals surface area contributed by atoms with Gasteiger partial charge in [-0.25, -0.2) is 0 Å². The number of nitrogens with one attached hydrogen (secondary N) is 1. The lowest BCUT2D eigenvalue weighted by molar-refractivity contribution is -0.132. The molecule has 3 unspecified atom stereocenters. The first-order valence-electron chi connectivity index (χ1n) is 4.60. The molecule has 12 heavy (non-hydrogen) atoms. The molecule has 1 aliphatic carbocycles. The van der Waals surface area contributed by atoms with Gasteiger partial charge in [0.15, 0.2) is 5.78 Å². The first-order valence-corrected chi connectivity index (χ1v) is 4.60. The van der Waals surface area contributed by atoms with E-state index in [0.717, 1.165) is 25.9 Å². The Morgan fingerprint density at radius 2 is 2.50 bits per heavy atom. The number of piperidine rings is 1. The molecule has 2 N–H and O–H groups in total. The number of Topliss-reactive ketones (excluding diaryl/α,β-unsaturated/α-hetero) is 1. The number of aliphatic hydroxyl groups excluding tert-OH is 1. The summed E-state index contributed by atoms with van der Waals surface area (Å²) in [6, 6.07) is 0. The van der Waals surface area contributed by atoms with Gasteiger partial charge in [0.25, 0.3) is 0 Å². The Bertz CT molecular complexity index is 215. The summed E-state index contributed by atoms with van der Waals surface area (Å²) in [6.45, 7) is 3.38. The smallest absolute Gasteiger partial charge is 0.168 e. The molecule has 3 nitrogen and oxygen atoms in total. The second-order valence-corrected chi connectivity index (χ2v) is 4.06. The predicted octanol–water partition coefficient (Wildman–Crippen LogP) is -0.0641. The molecule has 1 heterocycles. The van der Waals surface area contributed by atoms with Crippen LogP contribution in [0.2, 0.25) is 0 Å². The van der Waals surface area contributed by atoms with Crippen LogP contribution in [-0.2, 0) is 4.79 Å². The van der Waals surface area contributed by atoms with Crippen molar-refractivity contribution >= 4 is 5.78 Å². The van der Waals surface area contributed by atoms with Crippen molar-refractivity contribution in [2.75, 3.05) is 13.1 Å².